The number of furan rings is 1. The molecule has 1 aliphatic heterocycles. The summed E-state index contributed by atoms with van der Waals surface area (Å²) in [5, 5.41) is 3.43. The molecule has 16 heavy (non-hydrogen) atoms. The normalized spacial score (nSPS) is 17.8. The van der Waals surface area contributed by atoms with Gasteiger partial charge in [-0.15, -0.1) is 0 Å². The summed E-state index contributed by atoms with van der Waals surface area (Å²) in [6.07, 6.45) is 3.70. The van der Waals surface area contributed by atoms with E-state index in [0.717, 1.165) is 43.7 Å². The number of hydrogen-bond acceptors (Lipinski definition) is 3. The predicted octanol–water partition coefficient (Wildman–Crippen LogP) is 2.49. The van der Waals surface area contributed by atoms with Gasteiger partial charge in [-0.2, -0.15) is 0 Å². The molecule has 1 fully saturated rings. The van der Waals surface area contributed by atoms with Crippen LogP contribution in [0, 0.1) is 12.8 Å². The summed E-state index contributed by atoms with van der Waals surface area (Å²) < 4.78 is 10.8. The highest BCUT2D eigenvalue weighted by molar-refractivity contribution is 5.04. The zero-order valence-electron chi connectivity index (χ0n) is 10.00. The number of rotatable bonds is 5. The summed E-state index contributed by atoms with van der Waals surface area (Å²) in [4.78, 5) is 0. The van der Waals surface area contributed by atoms with E-state index in [9.17, 15) is 0 Å². The summed E-state index contributed by atoms with van der Waals surface area (Å²) >= 11 is 0. The van der Waals surface area contributed by atoms with Crippen molar-refractivity contribution in [1.29, 1.82) is 0 Å². The Hall–Kier alpha value is -0.800. The number of nitrogens with one attached hydrogen (secondary N) is 1. The summed E-state index contributed by atoms with van der Waals surface area (Å²) in [5.41, 5.74) is 0. The van der Waals surface area contributed by atoms with Crippen molar-refractivity contribution in [1.82, 2.24) is 5.32 Å². The van der Waals surface area contributed by atoms with Crippen LogP contribution in [-0.2, 0) is 11.3 Å². The van der Waals surface area contributed by atoms with E-state index in [4.69, 9.17) is 9.15 Å². The highest BCUT2D eigenvalue weighted by atomic mass is 16.5. The second kappa shape index (κ2) is 6.06. The molecule has 1 saturated heterocycles. The molecular formula is C13H21NO2. The standard InChI is InChI=1S/C13H21NO2/c1-11-2-3-13(16-11)10-14-7-4-12-5-8-15-9-6-12/h2-3,12,14H,4-10H2,1H3. The maximum Gasteiger partial charge on any atom is 0.117 e. The third kappa shape index (κ3) is 3.65. The van der Waals surface area contributed by atoms with Crippen molar-refractivity contribution in [2.45, 2.75) is 32.7 Å². The van der Waals surface area contributed by atoms with Crippen molar-refractivity contribution in [2.75, 3.05) is 19.8 Å². The van der Waals surface area contributed by atoms with Crippen LogP contribution in [0.3, 0.4) is 0 Å². The molecule has 0 amide bonds. The molecule has 0 atom stereocenters. The Labute approximate surface area is 97.2 Å². The molecule has 2 heterocycles. The lowest BCUT2D eigenvalue weighted by Gasteiger charge is -2.21. The van der Waals surface area contributed by atoms with Crippen molar-refractivity contribution in [2.24, 2.45) is 5.92 Å². The Balaban J connectivity index is 1.57. The van der Waals surface area contributed by atoms with Gasteiger partial charge in [0.2, 0.25) is 0 Å². The highest BCUT2D eigenvalue weighted by Gasteiger charge is 2.12. The topological polar surface area (TPSA) is 34.4 Å². The molecule has 0 spiro atoms. The molecule has 1 aromatic heterocycles. The molecule has 0 saturated carbocycles. The van der Waals surface area contributed by atoms with Gasteiger partial charge in [-0.05, 0) is 50.8 Å². The van der Waals surface area contributed by atoms with Crippen molar-refractivity contribution in [3.63, 3.8) is 0 Å². The highest BCUT2D eigenvalue weighted by Crippen LogP contribution is 2.17. The molecule has 0 unspecified atom stereocenters. The molecule has 0 aliphatic carbocycles. The molecule has 1 N–H and O–H groups in total. The van der Waals surface area contributed by atoms with Crippen molar-refractivity contribution in [3.05, 3.63) is 23.7 Å². The monoisotopic (exact) mass is 223 g/mol. The first-order valence-electron chi connectivity index (χ1n) is 6.18. The number of ether oxygens (including phenoxy) is 1. The zero-order chi connectivity index (χ0) is 11.2. The largest absolute Gasteiger partial charge is 0.465 e. The molecule has 3 heteroatoms. The Morgan fingerprint density at radius 3 is 2.81 bits per heavy atom. The van der Waals surface area contributed by atoms with Gasteiger partial charge in [0.1, 0.15) is 11.5 Å². The minimum Gasteiger partial charge on any atom is -0.465 e. The van der Waals surface area contributed by atoms with E-state index in [1.54, 1.807) is 0 Å². The van der Waals surface area contributed by atoms with Crippen molar-refractivity contribution in [3.8, 4) is 0 Å². The van der Waals surface area contributed by atoms with Gasteiger partial charge in [-0.3, -0.25) is 0 Å². The van der Waals surface area contributed by atoms with Crippen LogP contribution >= 0.6 is 0 Å². The minimum atomic E-state index is 0.844. The first-order chi connectivity index (χ1) is 7.84. The van der Waals surface area contributed by atoms with E-state index in [2.05, 4.69) is 5.32 Å². The SMILES string of the molecule is Cc1ccc(CNCCC2CCOCC2)o1. The summed E-state index contributed by atoms with van der Waals surface area (Å²) in [7, 11) is 0. The Morgan fingerprint density at radius 2 is 2.12 bits per heavy atom. The molecule has 0 aromatic carbocycles. The van der Waals surface area contributed by atoms with Crippen LogP contribution in [0.5, 0.6) is 0 Å². The molecular weight excluding hydrogens is 202 g/mol. The van der Waals surface area contributed by atoms with Gasteiger partial charge in [0.25, 0.3) is 0 Å². The van der Waals surface area contributed by atoms with Gasteiger partial charge in [-0.1, -0.05) is 0 Å². The summed E-state index contributed by atoms with van der Waals surface area (Å²) in [6, 6.07) is 4.05. The average molecular weight is 223 g/mol. The van der Waals surface area contributed by atoms with E-state index < -0.39 is 0 Å². The maximum atomic E-state index is 5.49. The quantitative estimate of drug-likeness (QED) is 0.779. The van der Waals surface area contributed by atoms with Crippen LogP contribution in [0.4, 0.5) is 0 Å². The average Bonchev–Trinajstić information content (AvgIpc) is 2.72. The fraction of sp³-hybridized carbons (Fsp3) is 0.692. The van der Waals surface area contributed by atoms with E-state index in [1.165, 1.54) is 19.3 Å². The number of aryl methyl sites for hydroxylation is 1. The van der Waals surface area contributed by atoms with Crippen molar-refractivity contribution >= 4 is 0 Å². The fourth-order valence-electron chi connectivity index (χ4n) is 2.13. The molecule has 0 radical (unpaired) electrons. The third-order valence-corrected chi connectivity index (χ3v) is 3.17. The van der Waals surface area contributed by atoms with E-state index in [1.807, 2.05) is 19.1 Å². The first-order valence-corrected chi connectivity index (χ1v) is 6.18. The molecule has 2 rings (SSSR count). The summed E-state index contributed by atoms with van der Waals surface area (Å²) in [6.45, 7) is 5.79. The first kappa shape index (κ1) is 11.7. The van der Waals surface area contributed by atoms with Crippen LogP contribution in [0.15, 0.2) is 16.5 Å². The van der Waals surface area contributed by atoms with Crippen LogP contribution < -0.4 is 5.32 Å². The lowest BCUT2D eigenvalue weighted by atomic mass is 9.97. The molecule has 90 valence electrons. The van der Waals surface area contributed by atoms with Gasteiger partial charge < -0.3 is 14.5 Å². The van der Waals surface area contributed by atoms with Gasteiger partial charge in [0.05, 0.1) is 6.54 Å². The van der Waals surface area contributed by atoms with E-state index in [0.29, 0.717) is 0 Å². The van der Waals surface area contributed by atoms with Crippen LogP contribution in [0.2, 0.25) is 0 Å². The van der Waals surface area contributed by atoms with Gasteiger partial charge in [0.15, 0.2) is 0 Å². The maximum absolute atomic E-state index is 5.49. The van der Waals surface area contributed by atoms with E-state index >= 15 is 0 Å². The lowest BCUT2D eigenvalue weighted by molar-refractivity contribution is 0.0639. The Morgan fingerprint density at radius 1 is 1.31 bits per heavy atom. The molecule has 1 aromatic rings. The van der Waals surface area contributed by atoms with Gasteiger partial charge in [0, 0.05) is 13.2 Å². The predicted molar refractivity (Wildman–Crippen MR) is 63.3 cm³/mol. The molecule has 3 nitrogen and oxygen atoms in total. The minimum absolute atomic E-state index is 0.844. The molecule has 1 aliphatic rings. The van der Waals surface area contributed by atoms with Crippen LogP contribution in [0.1, 0.15) is 30.8 Å². The second-order valence-corrected chi connectivity index (χ2v) is 4.53. The van der Waals surface area contributed by atoms with Crippen LogP contribution in [0.25, 0.3) is 0 Å². The van der Waals surface area contributed by atoms with Gasteiger partial charge >= 0.3 is 0 Å². The van der Waals surface area contributed by atoms with Crippen LogP contribution in [-0.4, -0.2) is 19.8 Å². The van der Waals surface area contributed by atoms with Crippen molar-refractivity contribution < 1.29 is 9.15 Å². The second-order valence-electron chi connectivity index (χ2n) is 4.53. The van der Waals surface area contributed by atoms with Gasteiger partial charge in [-0.25, -0.2) is 0 Å². The zero-order valence-corrected chi connectivity index (χ0v) is 10.00. The lowest BCUT2D eigenvalue weighted by Crippen LogP contribution is -2.22. The number of hydrogen-bond donors (Lipinski definition) is 1. The summed E-state index contributed by atoms with van der Waals surface area (Å²) in [5.74, 6) is 2.87. The third-order valence-electron chi connectivity index (χ3n) is 3.17. The Bertz CT molecular complexity index is 303. The van der Waals surface area contributed by atoms with E-state index in [-0.39, 0.29) is 0 Å². The fourth-order valence-corrected chi connectivity index (χ4v) is 2.13. The smallest absolute Gasteiger partial charge is 0.117 e. The molecule has 0 bridgehead atoms. The Kier molecular flexibility index (Phi) is 4.43.